The first-order chi connectivity index (χ1) is 17.0. The minimum atomic E-state index is -1.06. The number of nitriles is 2. The predicted molar refractivity (Wildman–Crippen MR) is 137 cm³/mol. The van der Waals surface area contributed by atoms with Crippen LogP contribution in [0.15, 0.2) is 30.3 Å². The van der Waals surface area contributed by atoms with Crippen LogP contribution >= 0.6 is 0 Å². The highest BCUT2D eigenvalue weighted by Crippen LogP contribution is 2.12. The molecule has 0 aromatic heterocycles. The molecule has 1 aromatic carbocycles. The summed E-state index contributed by atoms with van der Waals surface area (Å²) < 4.78 is 0. The van der Waals surface area contributed by atoms with Crippen molar-refractivity contribution in [1.82, 2.24) is 26.8 Å². The fourth-order valence-corrected chi connectivity index (χ4v) is 2.43. The van der Waals surface area contributed by atoms with Crippen LogP contribution < -0.4 is 31.7 Å². The third-order valence-corrected chi connectivity index (χ3v) is 3.97. The van der Waals surface area contributed by atoms with E-state index in [2.05, 4.69) is 33.4 Å². The Morgan fingerprint density at radius 3 is 2.11 bits per heavy atom. The Morgan fingerprint density at radius 2 is 1.58 bits per heavy atom. The Hall–Kier alpha value is -4.16. The summed E-state index contributed by atoms with van der Waals surface area (Å²) in [6.07, 6.45) is 0.352. The molecule has 1 atom stereocenters. The van der Waals surface area contributed by atoms with Gasteiger partial charge in [-0.15, -0.1) is 0 Å². The van der Waals surface area contributed by atoms with Gasteiger partial charge in [-0.25, -0.2) is 15.5 Å². The van der Waals surface area contributed by atoms with Crippen molar-refractivity contribution < 1.29 is 19.2 Å². The van der Waals surface area contributed by atoms with Crippen LogP contribution in [0.2, 0.25) is 0 Å². The first-order valence-corrected chi connectivity index (χ1v) is 11.4. The van der Waals surface area contributed by atoms with Crippen molar-refractivity contribution in [3.8, 4) is 12.6 Å². The van der Waals surface area contributed by atoms with Gasteiger partial charge in [0.25, 0.3) is 5.91 Å². The molecule has 1 aromatic rings. The molecular weight excluding hydrogens is 464 g/mol. The number of rotatable bonds is 8. The molecule has 0 radical (unpaired) electrons. The first-order valence-electron chi connectivity index (χ1n) is 11.4. The maximum Gasteiger partial charge on any atom is 0.340 e. The van der Waals surface area contributed by atoms with Crippen molar-refractivity contribution in [2.75, 3.05) is 24.5 Å². The Bertz CT molecular complexity index is 876. The Labute approximate surface area is 213 Å². The summed E-state index contributed by atoms with van der Waals surface area (Å²) in [5.41, 5.74) is 4.57. The van der Waals surface area contributed by atoms with Crippen molar-refractivity contribution >= 4 is 29.4 Å². The molecule has 0 bridgehead atoms. The lowest BCUT2D eigenvalue weighted by atomic mass is 10.1. The number of urea groups is 1. The summed E-state index contributed by atoms with van der Waals surface area (Å²) in [5.74, 6) is -2.51. The summed E-state index contributed by atoms with van der Waals surface area (Å²) >= 11 is 0. The molecule has 5 amide bonds. The number of para-hydroxylation sites is 1. The number of carbonyl (C=O) groups excluding carboxylic acids is 4. The monoisotopic (exact) mass is 502 g/mol. The molecular formula is C24H38N8O4. The maximum absolute atomic E-state index is 12.6. The molecule has 0 spiro atoms. The number of anilines is 1. The van der Waals surface area contributed by atoms with E-state index in [9.17, 15) is 19.2 Å². The number of nitrogens with one attached hydrogen (secondary N) is 5. The number of carbonyl (C=O) groups is 4. The molecule has 0 saturated carbocycles. The second kappa shape index (κ2) is 19.2. The lowest BCUT2D eigenvalue weighted by Gasteiger charge is -2.24. The van der Waals surface area contributed by atoms with Gasteiger partial charge in [-0.3, -0.25) is 24.7 Å². The second-order valence-electron chi connectivity index (χ2n) is 7.96. The fourth-order valence-electron chi connectivity index (χ4n) is 2.43. The number of hydrazine groups is 1. The van der Waals surface area contributed by atoms with Gasteiger partial charge in [-0.1, -0.05) is 32.0 Å². The van der Waals surface area contributed by atoms with Gasteiger partial charge in [0.1, 0.15) is 6.04 Å². The van der Waals surface area contributed by atoms with E-state index in [0.717, 1.165) is 0 Å². The summed E-state index contributed by atoms with van der Waals surface area (Å²) in [6.45, 7) is 15.3. The first kappa shape index (κ1) is 34.0. The highest BCUT2D eigenvalue weighted by atomic mass is 16.2. The van der Waals surface area contributed by atoms with E-state index in [-0.39, 0.29) is 6.54 Å². The van der Waals surface area contributed by atoms with Crippen LogP contribution in [0.4, 0.5) is 10.5 Å². The van der Waals surface area contributed by atoms with E-state index in [1.54, 1.807) is 45.0 Å². The average molecular weight is 503 g/mol. The van der Waals surface area contributed by atoms with Gasteiger partial charge < -0.3 is 16.0 Å². The average Bonchev–Trinajstić information content (AvgIpc) is 2.86. The Morgan fingerprint density at radius 1 is 1.00 bits per heavy atom. The number of hydrogen-bond acceptors (Lipinski definition) is 7. The maximum atomic E-state index is 12.6. The van der Waals surface area contributed by atoms with Crippen molar-refractivity contribution in [3.05, 3.63) is 30.3 Å². The lowest BCUT2D eigenvalue weighted by Crippen LogP contribution is -2.57. The largest absolute Gasteiger partial charge is 0.343 e. The molecule has 1 unspecified atom stereocenters. The van der Waals surface area contributed by atoms with E-state index in [1.807, 2.05) is 26.0 Å². The summed E-state index contributed by atoms with van der Waals surface area (Å²) in [4.78, 5) is 50.1. The van der Waals surface area contributed by atoms with Gasteiger partial charge in [0.15, 0.2) is 0 Å². The third-order valence-electron chi connectivity index (χ3n) is 3.97. The van der Waals surface area contributed by atoms with E-state index >= 15 is 0 Å². The molecule has 36 heavy (non-hydrogen) atoms. The van der Waals surface area contributed by atoms with Gasteiger partial charge in [0, 0.05) is 43.9 Å². The minimum absolute atomic E-state index is 0.288. The van der Waals surface area contributed by atoms with Crippen LogP contribution in [0.3, 0.4) is 0 Å². The molecule has 5 N–H and O–H groups in total. The van der Waals surface area contributed by atoms with Crippen LogP contribution in [-0.4, -0.2) is 55.0 Å². The molecule has 12 nitrogen and oxygen atoms in total. The number of nitrogens with zero attached hydrogens (tertiary/aromatic N) is 3. The second-order valence-corrected chi connectivity index (χ2v) is 7.96. The lowest BCUT2D eigenvalue weighted by molar-refractivity contribution is -0.141. The van der Waals surface area contributed by atoms with Crippen LogP contribution in [0.25, 0.3) is 0 Å². The third kappa shape index (κ3) is 14.9. The van der Waals surface area contributed by atoms with Gasteiger partial charge in [-0.2, -0.15) is 5.26 Å². The van der Waals surface area contributed by atoms with Gasteiger partial charge >= 0.3 is 17.8 Å². The smallest absolute Gasteiger partial charge is 0.340 e. The van der Waals surface area contributed by atoms with Crippen molar-refractivity contribution in [2.45, 2.75) is 59.5 Å². The molecule has 0 fully saturated rings. The summed E-state index contributed by atoms with van der Waals surface area (Å²) in [6, 6.07) is 9.23. The predicted octanol–water partition coefficient (Wildman–Crippen LogP) is 1.32. The minimum Gasteiger partial charge on any atom is -0.343 e. The van der Waals surface area contributed by atoms with Gasteiger partial charge in [0.2, 0.25) is 0 Å². The summed E-state index contributed by atoms with van der Waals surface area (Å²) in [5, 5.41) is 22.9. The standard InChI is InChI=1S/C21H31N7O4.C2H6.CHN/c1-15(24-18(30)19(31)25-21(2,3)4)17(29)26-27-20(32)28(14-13-23-12-8-11-22)16-9-6-5-7-10-16;2*1-2/h5-7,9-10,15,23H,8,12-14H2,1-4H3,(H,24,30)(H,25,31)(H,26,29)(H,27,32);1-2H3;1H. The Balaban J connectivity index is 0. The molecule has 0 heterocycles. The summed E-state index contributed by atoms with van der Waals surface area (Å²) in [7, 11) is 0. The normalized spacial score (nSPS) is 10.4. The van der Waals surface area contributed by atoms with E-state index in [1.165, 1.54) is 11.8 Å². The highest BCUT2D eigenvalue weighted by Gasteiger charge is 2.24. The Kier molecular flexibility index (Phi) is 18.1. The van der Waals surface area contributed by atoms with Crippen molar-refractivity contribution in [2.24, 2.45) is 0 Å². The quantitative estimate of drug-likeness (QED) is 0.202. The number of amides is 5. The van der Waals surface area contributed by atoms with Gasteiger partial charge in [0.05, 0.1) is 6.07 Å². The van der Waals surface area contributed by atoms with E-state index < -0.39 is 35.3 Å². The zero-order valence-electron chi connectivity index (χ0n) is 21.8. The zero-order chi connectivity index (χ0) is 28.1. The van der Waals surface area contributed by atoms with Crippen LogP contribution in [0.5, 0.6) is 0 Å². The fraction of sp³-hybridized carbons (Fsp3) is 0.500. The topological polar surface area (TPSA) is 179 Å². The van der Waals surface area contributed by atoms with E-state index in [0.29, 0.717) is 25.2 Å². The van der Waals surface area contributed by atoms with Crippen LogP contribution in [0, 0.1) is 23.2 Å². The van der Waals surface area contributed by atoms with E-state index in [4.69, 9.17) is 10.5 Å². The molecule has 0 aliphatic carbocycles. The number of benzene rings is 1. The zero-order valence-corrected chi connectivity index (χ0v) is 21.8. The number of hydrogen-bond donors (Lipinski definition) is 5. The van der Waals surface area contributed by atoms with Crippen LogP contribution in [-0.2, 0) is 14.4 Å². The highest BCUT2D eigenvalue weighted by molar-refractivity contribution is 6.35. The molecule has 12 heteroatoms. The van der Waals surface area contributed by atoms with Gasteiger partial charge in [-0.05, 0) is 39.8 Å². The molecule has 1 rings (SSSR count). The van der Waals surface area contributed by atoms with Crippen molar-refractivity contribution in [3.63, 3.8) is 0 Å². The molecule has 0 saturated heterocycles. The molecule has 0 aliphatic heterocycles. The van der Waals surface area contributed by atoms with Crippen LogP contribution in [0.1, 0.15) is 48.0 Å². The molecule has 198 valence electrons. The van der Waals surface area contributed by atoms with Crippen molar-refractivity contribution in [1.29, 1.82) is 10.5 Å². The SMILES string of the molecule is C#N.CC.CC(NC(=O)C(=O)NC(C)(C)C)C(=O)NNC(=O)N(CCNCCC#N)c1ccccc1. The molecule has 0 aliphatic rings.